The zero-order valence-corrected chi connectivity index (χ0v) is 21.0. The summed E-state index contributed by atoms with van der Waals surface area (Å²) >= 11 is 0. The molecule has 2 aliphatic rings. The van der Waals surface area contributed by atoms with E-state index in [1.807, 2.05) is 30.3 Å². The minimum Gasteiger partial charge on any atom is -0.298 e. The molecule has 5 rings (SSSR count). The van der Waals surface area contributed by atoms with Gasteiger partial charge in [-0.05, 0) is 62.8 Å². The number of aryl methyl sites for hydroxylation is 1. The molecule has 37 heavy (non-hydrogen) atoms. The van der Waals surface area contributed by atoms with Crippen LogP contribution in [0.3, 0.4) is 0 Å². The number of nitrogens with zero attached hydrogens (tertiary/aromatic N) is 4. The SMILES string of the molecule is Cc1nc2n(c(=O)c1Cc1ccccc1)CN(CCC1=CCCCC1)CN2c1cccc(C(F)(F)F)c1. The number of anilines is 2. The van der Waals surface area contributed by atoms with Crippen LogP contribution in [0.4, 0.5) is 24.8 Å². The maximum absolute atomic E-state index is 13.8. The average Bonchev–Trinajstić information content (AvgIpc) is 2.90. The molecule has 0 N–H and O–H groups in total. The molecule has 0 bridgehead atoms. The van der Waals surface area contributed by atoms with Crippen LogP contribution in [0.25, 0.3) is 0 Å². The number of fused-ring (bicyclic) bond motifs is 1. The van der Waals surface area contributed by atoms with Gasteiger partial charge in [-0.1, -0.05) is 48.0 Å². The number of rotatable bonds is 6. The van der Waals surface area contributed by atoms with E-state index in [0.29, 0.717) is 42.7 Å². The molecular formula is C29H31F3N4O. The molecule has 0 atom stereocenters. The predicted octanol–water partition coefficient (Wildman–Crippen LogP) is 6.42. The molecule has 8 heteroatoms. The van der Waals surface area contributed by atoms with Gasteiger partial charge in [0, 0.05) is 24.2 Å². The van der Waals surface area contributed by atoms with Gasteiger partial charge in [0.1, 0.15) is 0 Å². The summed E-state index contributed by atoms with van der Waals surface area (Å²) in [4.78, 5) is 22.4. The topological polar surface area (TPSA) is 41.4 Å². The van der Waals surface area contributed by atoms with E-state index in [0.717, 1.165) is 43.5 Å². The minimum atomic E-state index is -4.46. The van der Waals surface area contributed by atoms with Crippen molar-refractivity contribution in [1.82, 2.24) is 14.5 Å². The van der Waals surface area contributed by atoms with Crippen LogP contribution in [0.2, 0.25) is 0 Å². The van der Waals surface area contributed by atoms with Crippen LogP contribution in [0.1, 0.15) is 54.5 Å². The molecule has 1 aromatic heterocycles. The van der Waals surface area contributed by atoms with Gasteiger partial charge in [-0.3, -0.25) is 19.2 Å². The fourth-order valence-corrected chi connectivity index (χ4v) is 5.15. The van der Waals surface area contributed by atoms with Crippen LogP contribution in [0, 0.1) is 6.92 Å². The van der Waals surface area contributed by atoms with Crippen LogP contribution in [0.5, 0.6) is 0 Å². The Hall–Kier alpha value is -3.39. The predicted molar refractivity (Wildman–Crippen MR) is 139 cm³/mol. The Labute approximate surface area is 214 Å². The summed E-state index contributed by atoms with van der Waals surface area (Å²) in [6, 6.07) is 15.0. The summed E-state index contributed by atoms with van der Waals surface area (Å²) in [5, 5.41) is 0. The van der Waals surface area contributed by atoms with Gasteiger partial charge in [-0.2, -0.15) is 13.2 Å². The Morgan fingerprint density at radius 2 is 1.81 bits per heavy atom. The molecular weight excluding hydrogens is 477 g/mol. The molecule has 3 aromatic rings. The van der Waals surface area contributed by atoms with E-state index in [4.69, 9.17) is 4.98 Å². The number of hydrogen-bond donors (Lipinski definition) is 0. The van der Waals surface area contributed by atoms with Gasteiger partial charge in [-0.25, -0.2) is 4.98 Å². The highest BCUT2D eigenvalue weighted by molar-refractivity contribution is 5.60. The van der Waals surface area contributed by atoms with E-state index in [9.17, 15) is 18.0 Å². The fourth-order valence-electron chi connectivity index (χ4n) is 5.15. The molecule has 1 aliphatic heterocycles. The Bertz CT molecular complexity index is 1350. The number of hydrogen-bond acceptors (Lipinski definition) is 4. The van der Waals surface area contributed by atoms with Crippen molar-refractivity contribution in [2.24, 2.45) is 0 Å². The second-order valence-corrected chi connectivity index (χ2v) is 9.88. The van der Waals surface area contributed by atoms with E-state index in [1.165, 1.54) is 24.5 Å². The Balaban J connectivity index is 1.53. The van der Waals surface area contributed by atoms with Crippen molar-refractivity contribution in [3.63, 3.8) is 0 Å². The summed E-state index contributed by atoms with van der Waals surface area (Å²) in [7, 11) is 0. The van der Waals surface area contributed by atoms with Crippen LogP contribution in [0.15, 0.2) is 71.0 Å². The molecule has 0 radical (unpaired) electrons. The Morgan fingerprint density at radius 1 is 1.00 bits per heavy atom. The summed E-state index contributed by atoms with van der Waals surface area (Å²) in [6.07, 6.45) is 3.78. The number of halogens is 3. The first-order chi connectivity index (χ1) is 17.8. The lowest BCUT2D eigenvalue weighted by Gasteiger charge is -2.39. The smallest absolute Gasteiger partial charge is 0.298 e. The Kier molecular flexibility index (Phi) is 7.20. The molecule has 194 valence electrons. The highest BCUT2D eigenvalue weighted by Crippen LogP contribution is 2.35. The number of benzene rings is 2. The average molecular weight is 509 g/mol. The van der Waals surface area contributed by atoms with Crippen molar-refractivity contribution in [2.75, 3.05) is 18.1 Å². The van der Waals surface area contributed by atoms with Gasteiger partial charge in [0.15, 0.2) is 0 Å². The van der Waals surface area contributed by atoms with Crippen molar-refractivity contribution in [1.29, 1.82) is 0 Å². The van der Waals surface area contributed by atoms with Gasteiger partial charge in [0.25, 0.3) is 5.56 Å². The zero-order chi connectivity index (χ0) is 26.0. The van der Waals surface area contributed by atoms with Crippen LogP contribution < -0.4 is 10.5 Å². The standard InChI is InChI=1S/C29H31F3N4O/c1-21-26(17-23-11-6-3-7-12-23)27(37)36-20-34(16-15-22-9-4-2-5-10-22)19-35(28(36)33-21)25-14-8-13-24(18-25)29(30,31)32/h3,6-9,11-14,18H,2,4-5,10,15-17,19-20H2,1H3. The van der Waals surface area contributed by atoms with E-state index in [2.05, 4.69) is 11.0 Å². The van der Waals surface area contributed by atoms with Crippen LogP contribution >= 0.6 is 0 Å². The van der Waals surface area contributed by atoms with Crippen molar-refractivity contribution < 1.29 is 13.2 Å². The zero-order valence-electron chi connectivity index (χ0n) is 21.0. The lowest BCUT2D eigenvalue weighted by atomic mass is 9.97. The first-order valence-electron chi connectivity index (χ1n) is 12.8. The normalized spacial score (nSPS) is 16.4. The summed E-state index contributed by atoms with van der Waals surface area (Å²) in [5.74, 6) is 0.381. The highest BCUT2D eigenvalue weighted by Gasteiger charge is 2.33. The minimum absolute atomic E-state index is 0.148. The molecule has 0 spiro atoms. The Morgan fingerprint density at radius 3 is 2.54 bits per heavy atom. The van der Waals surface area contributed by atoms with E-state index in [1.54, 1.807) is 22.5 Å². The third kappa shape index (κ3) is 5.64. The van der Waals surface area contributed by atoms with Crippen LogP contribution in [-0.4, -0.2) is 27.7 Å². The molecule has 1 aliphatic carbocycles. The first kappa shape index (κ1) is 25.3. The molecule has 0 saturated heterocycles. The van der Waals surface area contributed by atoms with Crippen molar-refractivity contribution in [3.8, 4) is 0 Å². The van der Waals surface area contributed by atoms with Gasteiger partial charge >= 0.3 is 6.18 Å². The van der Waals surface area contributed by atoms with Crippen LogP contribution in [-0.2, 0) is 19.3 Å². The first-order valence-corrected chi connectivity index (χ1v) is 12.8. The van der Waals surface area contributed by atoms with Gasteiger partial charge < -0.3 is 0 Å². The summed E-state index contributed by atoms with van der Waals surface area (Å²) < 4.78 is 42.2. The van der Waals surface area contributed by atoms with E-state index < -0.39 is 11.7 Å². The lowest BCUT2D eigenvalue weighted by Crippen LogP contribution is -2.48. The molecule has 2 heterocycles. The van der Waals surface area contributed by atoms with Crippen molar-refractivity contribution >= 4 is 11.6 Å². The highest BCUT2D eigenvalue weighted by atomic mass is 19.4. The third-order valence-corrected chi connectivity index (χ3v) is 7.22. The monoisotopic (exact) mass is 508 g/mol. The van der Waals surface area contributed by atoms with Gasteiger partial charge in [0.2, 0.25) is 5.95 Å². The molecule has 0 saturated carbocycles. The fraction of sp³-hybridized carbons (Fsp3) is 0.379. The second-order valence-electron chi connectivity index (χ2n) is 9.88. The number of alkyl halides is 3. The van der Waals surface area contributed by atoms with Gasteiger partial charge in [0.05, 0.1) is 24.6 Å². The van der Waals surface area contributed by atoms with Crippen molar-refractivity contribution in [3.05, 3.63) is 99.0 Å². The molecule has 0 unspecified atom stereocenters. The molecule has 0 fully saturated rings. The number of aromatic nitrogens is 2. The van der Waals surface area contributed by atoms with Crippen molar-refractivity contribution in [2.45, 2.75) is 58.3 Å². The maximum atomic E-state index is 13.8. The summed E-state index contributed by atoms with van der Waals surface area (Å²) in [5.41, 5.74) is 3.13. The van der Waals surface area contributed by atoms with E-state index >= 15 is 0 Å². The second kappa shape index (κ2) is 10.5. The quantitative estimate of drug-likeness (QED) is 0.360. The van der Waals surface area contributed by atoms with E-state index in [-0.39, 0.29) is 5.56 Å². The number of allylic oxidation sites excluding steroid dienone is 1. The molecule has 2 aromatic carbocycles. The lowest BCUT2D eigenvalue weighted by molar-refractivity contribution is -0.137. The van der Waals surface area contributed by atoms with Gasteiger partial charge in [-0.15, -0.1) is 0 Å². The summed E-state index contributed by atoms with van der Waals surface area (Å²) in [6.45, 7) is 3.23. The molecule has 0 amide bonds. The third-order valence-electron chi connectivity index (χ3n) is 7.22. The largest absolute Gasteiger partial charge is 0.416 e. The molecule has 5 nitrogen and oxygen atoms in total. The maximum Gasteiger partial charge on any atom is 0.416 e.